The predicted molar refractivity (Wildman–Crippen MR) is 80.6 cm³/mol. The van der Waals surface area contributed by atoms with Crippen molar-refractivity contribution in [2.24, 2.45) is 0 Å². The summed E-state index contributed by atoms with van der Waals surface area (Å²) in [5, 5.41) is 10.4. The second kappa shape index (κ2) is 5.20. The number of phenols is 1. The zero-order chi connectivity index (χ0) is 14.8. The van der Waals surface area contributed by atoms with Crippen LogP contribution < -0.4 is 0 Å². The third-order valence-corrected chi connectivity index (χ3v) is 3.17. The molecule has 1 aromatic carbocycles. The molecule has 0 saturated carbocycles. The van der Waals surface area contributed by atoms with E-state index in [-0.39, 0.29) is 16.6 Å². The third-order valence-electron chi connectivity index (χ3n) is 3.17. The number of allylic oxidation sites excluding steroid dienone is 1. The molecule has 0 radical (unpaired) electrons. The third kappa shape index (κ3) is 3.69. The van der Waals surface area contributed by atoms with Crippen LogP contribution in [0.3, 0.4) is 0 Å². The predicted octanol–water partition coefficient (Wildman–Crippen LogP) is 4.20. The molecule has 2 heteroatoms. The van der Waals surface area contributed by atoms with Gasteiger partial charge in [0, 0.05) is 11.1 Å². The molecule has 2 nitrogen and oxygen atoms in total. The number of hydrogen-bond acceptors (Lipinski definition) is 2. The summed E-state index contributed by atoms with van der Waals surface area (Å²) in [5.74, 6) is 0.263. The monoisotopic (exact) mass is 260 g/mol. The molecule has 0 aliphatic heterocycles. The number of aromatic hydroxyl groups is 1. The minimum absolute atomic E-state index is 0.00251. The Morgan fingerprint density at radius 1 is 1.00 bits per heavy atom. The number of phenolic OH excluding ortho intramolecular Hbond substituents is 1. The molecule has 0 unspecified atom stereocenters. The van der Waals surface area contributed by atoms with Gasteiger partial charge in [0.15, 0.2) is 0 Å². The van der Waals surface area contributed by atoms with Gasteiger partial charge >= 0.3 is 0 Å². The number of carbonyl (C=O) groups excluding carboxylic acids is 1. The van der Waals surface area contributed by atoms with E-state index < -0.39 is 0 Å². The van der Waals surface area contributed by atoms with Crippen LogP contribution in [-0.4, -0.2) is 11.4 Å². The van der Waals surface area contributed by atoms with E-state index in [9.17, 15) is 9.90 Å². The maximum Gasteiger partial charge on any atom is 0.142 e. The van der Waals surface area contributed by atoms with E-state index in [1.807, 2.05) is 6.07 Å². The summed E-state index contributed by atoms with van der Waals surface area (Å²) in [4.78, 5) is 10.5. The van der Waals surface area contributed by atoms with Crippen molar-refractivity contribution in [1.82, 2.24) is 0 Å². The van der Waals surface area contributed by atoms with Gasteiger partial charge in [-0.05, 0) is 34.6 Å². The van der Waals surface area contributed by atoms with Crippen molar-refractivity contribution in [3.63, 3.8) is 0 Å². The highest BCUT2D eigenvalue weighted by Crippen LogP contribution is 2.38. The molecular weight excluding hydrogens is 236 g/mol. The van der Waals surface area contributed by atoms with Crippen LogP contribution in [0, 0.1) is 0 Å². The van der Waals surface area contributed by atoms with Gasteiger partial charge in [-0.15, -0.1) is 0 Å². The van der Waals surface area contributed by atoms with E-state index in [0.717, 1.165) is 17.4 Å². The molecule has 0 aliphatic rings. The molecule has 0 bridgehead atoms. The van der Waals surface area contributed by atoms with Crippen LogP contribution in [0.1, 0.15) is 58.2 Å². The molecule has 0 aliphatic carbocycles. The Bertz CT molecular complexity index is 497. The number of rotatable bonds is 2. The minimum Gasteiger partial charge on any atom is -0.507 e. The maximum atomic E-state index is 10.5. The average Bonchev–Trinajstić information content (AvgIpc) is 2.24. The lowest BCUT2D eigenvalue weighted by Gasteiger charge is -2.27. The van der Waals surface area contributed by atoms with Crippen molar-refractivity contribution in [2.75, 3.05) is 0 Å². The van der Waals surface area contributed by atoms with Crippen LogP contribution in [0.25, 0.3) is 6.08 Å². The summed E-state index contributed by atoms with van der Waals surface area (Å²) in [7, 11) is 0. The first-order valence-electron chi connectivity index (χ1n) is 6.57. The summed E-state index contributed by atoms with van der Waals surface area (Å²) < 4.78 is 0. The quantitative estimate of drug-likeness (QED) is 0.639. The van der Waals surface area contributed by atoms with E-state index >= 15 is 0 Å². The summed E-state index contributed by atoms with van der Waals surface area (Å²) in [6, 6.07) is 4.01. The summed E-state index contributed by atoms with van der Waals surface area (Å²) in [5.41, 5.74) is 2.61. The second-order valence-corrected chi connectivity index (χ2v) is 6.96. The Labute approximate surface area is 116 Å². The van der Waals surface area contributed by atoms with E-state index in [1.165, 1.54) is 6.08 Å². The van der Waals surface area contributed by atoms with Gasteiger partial charge in [0.2, 0.25) is 0 Å². The van der Waals surface area contributed by atoms with Crippen molar-refractivity contribution in [3.8, 4) is 5.75 Å². The molecular formula is C17H24O2. The van der Waals surface area contributed by atoms with Crippen LogP contribution >= 0.6 is 0 Å². The fourth-order valence-corrected chi connectivity index (χ4v) is 1.93. The van der Waals surface area contributed by atoms with Crippen LogP contribution in [0.15, 0.2) is 18.2 Å². The number of aldehydes is 1. The lowest BCUT2D eigenvalue weighted by Crippen LogP contribution is -2.17. The normalized spacial score (nSPS) is 12.9. The van der Waals surface area contributed by atoms with Crippen molar-refractivity contribution in [1.29, 1.82) is 0 Å². The smallest absolute Gasteiger partial charge is 0.142 e. The van der Waals surface area contributed by atoms with Crippen molar-refractivity contribution in [2.45, 2.75) is 52.4 Å². The molecule has 0 spiro atoms. The Morgan fingerprint density at radius 3 is 2.00 bits per heavy atom. The maximum absolute atomic E-state index is 10.5. The largest absolute Gasteiger partial charge is 0.507 e. The molecule has 19 heavy (non-hydrogen) atoms. The highest BCUT2D eigenvalue weighted by atomic mass is 16.3. The Balaban J connectivity index is 3.56. The number of carbonyl (C=O) groups is 1. The van der Waals surface area contributed by atoms with Gasteiger partial charge in [0.1, 0.15) is 12.0 Å². The van der Waals surface area contributed by atoms with Gasteiger partial charge in [-0.25, -0.2) is 0 Å². The van der Waals surface area contributed by atoms with E-state index in [2.05, 4.69) is 47.6 Å². The molecule has 1 N–H and O–H groups in total. The first-order chi connectivity index (χ1) is 8.57. The van der Waals surface area contributed by atoms with Gasteiger partial charge in [0.05, 0.1) is 0 Å². The first kappa shape index (κ1) is 15.5. The second-order valence-electron chi connectivity index (χ2n) is 6.96. The van der Waals surface area contributed by atoms with Gasteiger partial charge in [0.25, 0.3) is 0 Å². The zero-order valence-corrected chi connectivity index (χ0v) is 12.7. The molecule has 1 rings (SSSR count). The molecule has 1 aromatic rings. The lowest BCUT2D eigenvalue weighted by molar-refractivity contribution is -0.104. The Hall–Kier alpha value is -1.57. The van der Waals surface area contributed by atoms with Crippen molar-refractivity contribution < 1.29 is 9.90 Å². The zero-order valence-electron chi connectivity index (χ0n) is 12.7. The van der Waals surface area contributed by atoms with Crippen LogP contribution in [0.4, 0.5) is 0 Å². The van der Waals surface area contributed by atoms with Gasteiger partial charge in [-0.3, -0.25) is 4.79 Å². The lowest BCUT2D eigenvalue weighted by atomic mass is 9.79. The number of benzene rings is 1. The summed E-state index contributed by atoms with van der Waals surface area (Å²) in [6.07, 6.45) is 3.79. The molecule has 0 amide bonds. The Morgan fingerprint density at radius 2 is 1.58 bits per heavy atom. The fraction of sp³-hybridized carbons (Fsp3) is 0.471. The summed E-state index contributed by atoms with van der Waals surface area (Å²) >= 11 is 0. The molecule has 0 heterocycles. The fourth-order valence-electron chi connectivity index (χ4n) is 1.93. The van der Waals surface area contributed by atoms with Crippen LogP contribution in [0.5, 0.6) is 5.75 Å². The standard InChI is InChI=1S/C17H24O2/c1-16(2,3)13-10-12(8-7-9-18)15(19)14(11-13)17(4,5)6/h7-11,19H,1-6H3. The first-order valence-corrected chi connectivity index (χ1v) is 6.57. The molecule has 0 saturated heterocycles. The number of hydrogen-bond donors (Lipinski definition) is 1. The highest BCUT2D eigenvalue weighted by Gasteiger charge is 2.24. The van der Waals surface area contributed by atoms with Gasteiger partial charge in [-0.1, -0.05) is 47.6 Å². The van der Waals surface area contributed by atoms with Gasteiger partial charge < -0.3 is 5.11 Å². The average molecular weight is 260 g/mol. The van der Waals surface area contributed by atoms with E-state index in [0.29, 0.717) is 5.56 Å². The van der Waals surface area contributed by atoms with E-state index in [4.69, 9.17) is 0 Å². The van der Waals surface area contributed by atoms with Crippen molar-refractivity contribution in [3.05, 3.63) is 34.9 Å². The molecule has 104 valence electrons. The SMILES string of the molecule is CC(C)(C)c1cc(C=CC=O)c(O)c(C(C)(C)C)c1. The molecule has 0 atom stereocenters. The molecule has 0 aromatic heterocycles. The molecule has 0 fully saturated rings. The Kier molecular flexibility index (Phi) is 4.24. The highest BCUT2D eigenvalue weighted by molar-refractivity contribution is 5.76. The van der Waals surface area contributed by atoms with Gasteiger partial charge in [-0.2, -0.15) is 0 Å². The minimum atomic E-state index is -0.144. The summed E-state index contributed by atoms with van der Waals surface area (Å²) in [6.45, 7) is 12.6. The topological polar surface area (TPSA) is 37.3 Å². The van der Waals surface area contributed by atoms with E-state index in [1.54, 1.807) is 6.08 Å². The van der Waals surface area contributed by atoms with Crippen LogP contribution in [0.2, 0.25) is 0 Å². The van der Waals surface area contributed by atoms with Crippen LogP contribution in [-0.2, 0) is 15.6 Å². The van der Waals surface area contributed by atoms with Crippen molar-refractivity contribution >= 4 is 12.4 Å².